The standard InChI is InChI=1S/C3H5N2O3.In/c4-3(6)1-2-5(7)8;/h2H,1H2,(H2,4,6);/q;+1/p-1. The molecule has 1 aliphatic rings. The van der Waals surface area contributed by atoms with Gasteiger partial charge in [-0.05, 0) is 0 Å². The molecule has 0 aliphatic carbocycles. The molecule has 1 aliphatic heterocycles. The average molecular weight is 231 g/mol. The minimum absolute atomic E-state index is 0.119. The van der Waals surface area contributed by atoms with Gasteiger partial charge in [-0.25, -0.2) is 0 Å². The minimum atomic E-state index is -1.35. The molecule has 1 radical (unpaired) electrons. The van der Waals surface area contributed by atoms with Gasteiger partial charge < -0.3 is 0 Å². The quantitative estimate of drug-likeness (QED) is 0.451. The maximum absolute atomic E-state index is 10.4. The van der Waals surface area contributed by atoms with Crippen LogP contribution in [-0.4, -0.2) is 37.8 Å². The van der Waals surface area contributed by atoms with E-state index in [2.05, 4.69) is 3.30 Å². The summed E-state index contributed by atoms with van der Waals surface area (Å²) in [6.07, 6.45) is 0.119. The van der Waals surface area contributed by atoms with Crippen LogP contribution in [0.4, 0.5) is 0 Å². The monoisotopic (exact) mass is 231 g/mol. The molecule has 0 aromatic heterocycles. The molecule has 0 spiro atoms. The number of hydrogen-bond acceptors (Lipinski definition) is 3. The van der Waals surface area contributed by atoms with Crippen LogP contribution >= 0.6 is 0 Å². The van der Waals surface area contributed by atoms with Gasteiger partial charge in [-0.15, -0.1) is 0 Å². The van der Waals surface area contributed by atoms with Gasteiger partial charge in [-0.2, -0.15) is 0 Å². The van der Waals surface area contributed by atoms with Gasteiger partial charge in [0.05, 0.1) is 0 Å². The van der Waals surface area contributed by atoms with Gasteiger partial charge in [-0.3, -0.25) is 0 Å². The van der Waals surface area contributed by atoms with Crippen molar-refractivity contribution in [2.45, 2.75) is 10.2 Å². The van der Waals surface area contributed by atoms with E-state index in [0.29, 0.717) is 0 Å². The second kappa shape index (κ2) is 2.55. The second-order valence-electron chi connectivity index (χ2n) is 1.79. The molecule has 1 heterocycles. The van der Waals surface area contributed by atoms with Gasteiger partial charge in [0, 0.05) is 0 Å². The van der Waals surface area contributed by atoms with Crippen LogP contribution in [0.3, 0.4) is 0 Å². The summed E-state index contributed by atoms with van der Waals surface area (Å²) in [5, 5.41) is 10.0. The summed E-state index contributed by atoms with van der Waals surface area (Å²) in [4.78, 5) is 20.0. The zero-order valence-corrected chi connectivity index (χ0v) is 7.83. The zero-order chi connectivity index (χ0) is 6.85. The van der Waals surface area contributed by atoms with Gasteiger partial charge in [0.2, 0.25) is 0 Å². The van der Waals surface area contributed by atoms with Crippen LogP contribution in [0, 0.1) is 10.1 Å². The summed E-state index contributed by atoms with van der Waals surface area (Å²) >= 11 is -1.35. The van der Waals surface area contributed by atoms with E-state index >= 15 is 0 Å². The maximum atomic E-state index is 10.4. The predicted octanol–water partition coefficient (Wildman–Crippen LogP) is -1.27. The number of carbonyl (C=O) groups is 1. The summed E-state index contributed by atoms with van der Waals surface area (Å²) < 4.78 is 2.05. The Labute approximate surface area is 62.7 Å². The van der Waals surface area contributed by atoms with E-state index < -0.39 is 27.0 Å². The number of carbonyl (C=O) groups excluding carboxylic acids is 1. The Morgan fingerprint density at radius 3 is 2.78 bits per heavy atom. The van der Waals surface area contributed by atoms with E-state index in [-0.39, 0.29) is 17.3 Å². The molecular formula is C3H4InN2O3. The fourth-order valence-electron chi connectivity index (χ4n) is 0.632. The van der Waals surface area contributed by atoms with Crippen molar-refractivity contribution in [3.63, 3.8) is 0 Å². The summed E-state index contributed by atoms with van der Waals surface area (Å²) in [7, 11) is 0. The van der Waals surface area contributed by atoms with Crippen molar-refractivity contribution >= 4 is 29.1 Å². The number of nitro groups is 1. The molecule has 1 atom stereocenters. The zero-order valence-electron chi connectivity index (χ0n) is 4.53. The Bertz CT molecular complexity index is 159. The average Bonchev–Trinajstić information content (AvgIpc) is 2.14. The van der Waals surface area contributed by atoms with Crippen LogP contribution in [0.2, 0.25) is 0 Å². The van der Waals surface area contributed by atoms with E-state index in [0.717, 1.165) is 0 Å². The van der Waals surface area contributed by atoms with Gasteiger partial charge in [0.1, 0.15) is 0 Å². The second-order valence-corrected chi connectivity index (χ2v) is 5.76. The van der Waals surface area contributed by atoms with Crippen molar-refractivity contribution in [2.75, 3.05) is 0 Å². The first kappa shape index (κ1) is 6.85. The predicted molar refractivity (Wildman–Crippen MR) is 29.3 cm³/mol. The number of amides is 1. The molecule has 47 valence electrons. The van der Waals surface area contributed by atoms with Crippen LogP contribution in [-0.2, 0) is 4.79 Å². The van der Waals surface area contributed by atoms with E-state index in [1.165, 1.54) is 0 Å². The molecule has 1 saturated heterocycles. The number of hydrogen-bond donors (Lipinski definition) is 1. The molecule has 0 saturated carbocycles. The van der Waals surface area contributed by atoms with Crippen LogP contribution in [0.25, 0.3) is 0 Å². The summed E-state index contributed by atoms with van der Waals surface area (Å²) in [5.41, 5.74) is 0. The molecule has 1 unspecified atom stereocenters. The van der Waals surface area contributed by atoms with Crippen LogP contribution in [0.15, 0.2) is 0 Å². The first-order valence-corrected chi connectivity index (χ1v) is 6.01. The van der Waals surface area contributed by atoms with Crippen molar-refractivity contribution in [1.29, 1.82) is 0 Å². The Kier molecular flexibility index (Phi) is 1.94. The van der Waals surface area contributed by atoms with Gasteiger partial charge in [0.15, 0.2) is 0 Å². The van der Waals surface area contributed by atoms with Gasteiger partial charge >= 0.3 is 62.5 Å². The Hall–Kier alpha value is -0.260. The van der Waals surface area contributed by atoms with Crippen molar-refractivity contribution in [2.24, 2.45) is 0 Å². The van der Waals surface area contributed by atoms with Crippen molar-refractivity contribution in [3.8, 4) is 0 Å². The third kappa shape index (κ3) is 1.57. The fourth-order valence-corrected chi connectivity index (χ4v) is 3.34. The Morgan fingerprint density at radius 2 is 2.56 bits per heavy atom. The van der Waals surface area contributed by atoms with E-state index in [9.17, 15) is 14.9 Å². The molecule has 5 nitrogen and oxygen atoms in total. The van der Waals surface area contributed by atoms with Crippen molar-refractivity contribution in [1.82, 2.24) is 3.30 Å². The first-order chi connectivity index (χ1) is 4.20. The molecular weight excluding hydrogens is 227 g/mol. The van der Waals surface area contributed by atoms with E-state index in [4.69, 9.17) is 0 Å². The summed E-state index contributed by atoms with van der Waals surface area (Å²) in [6.45, 7) is 0. The molecule has 0 aromatic rings. The molecule has 6 heteroatoms. The topological polar surface area (TPSA) is 72.2 Å². The van der Waals surface area contributed by atoms with Crippen LogP contribution in [0.1, 0.15) is 6.42 Å². The SMILES string of the molecule is O=C1C[CH]([N+](=O)[O-])[In][NH]1. The number of rotatable bonds is 1. The Morgan fingerprint density at radius 1 is 1.89 bits per heavy atom. The third-order valence-corrected chi connectivity index (χ3v) is 4.96. The fraction of sp³-hybridized carbons (Fsp3) is 0.667. The third-order valence-electron chi connectivity index (χ3n) is 1.10. The van der Waals surface area contributed by atoms with Crippen molar-refractivity contribution < 1.29 is 9.72 Å². The number of nitrogens with zero attached hydrogens (tertiary/aromatic N) is 1. The molecule has 1 rings (SSSR count). The van der Waals surface area contributed by atoms with Gasteiger partial charge in [0.25, 0.3) is 0 Å². The normalized spacial score (nSPS) is 24.9. The summed E-state index contributed by atoms with van der Waals surface area (Å²) in [6, 6.07) is 0. The summed E-state index contributed by atoms with van der Waals surface area (Å²) in [5.74, 6) is -0.141. The molecule has 1 amide bonds. The van der Waals surface area contributed by atoms with E-state index in [1.807, 2.05) is 0 Å². The van der Waals surface area contributed by atoms with Crippen molar-refractivity contribution in [3.05, 3.63) is 10.1 Å². The van der Waals surface area contributed by atoms with E-state index in [1.54, 1.807) is 0 Å². The van der Waals surface area contributed by atoms with Gasteiger partial charge in [-0.1, -0.05) is 0 Å². The number of nitrogens with one attached hydrogen (secondary N) is 1. The van der Waals surface area contributed by atoms with Crippen LogP contribution in [0.5, 0.6) is 0 Å². The van der Waals surface area contributed by atoms with Crippen LogP contribution < -0.4 is 3.30 Å². The Balaban J connectivity index is 2.48. The molecule has 9 heavy (non-hydrogen) atoms. The first-order valence-electron chi connectivity index (χ1n) is 2.46. The molecule has 0 bridgehead atoms. The molecule has 1 N–H and O–H groups in total. The molecule has 0 aromatic carbocycles. The molecule has 1 fully saturated rings.